The van der Waals surface area contributed by atoms with Crippen LogP contribution in [0.25, 0.3) is 28.3 Å². The number of methoxy groups -OCH3 is 1. The van der Waals surface area contributed by atoms with Crippen molar-refractivity contribution in [2.24, 2.45) is 0 Å². The first-order valence-corrected chi connectivity index (χ1v) is 9.83. The van der Waals surface area contributed by atoms with E-state index in [1.54, 1.807) is 48.1 Å². The van der Waals surface area contributed by atoms with Gasteiger partial charge in [-0.2, -0.15) is 10.2 Å². The third kappa shape index (κ3) is 3.62. The van der Waals surface area contributed by atoms with Gasteiger partial charge in [0.2, 0.25) is 0 Å². The number of benzene rings is 2. The molecule has 4 aromatic rings. The highest BCUT2D eigenvalue weighted by Gasteiger charge is 2.20. The second kappa shape index (κ2) is 8.81. The number of hydrogen-bond acceptors (Lipinski definition) is 5. The molecule has 4 rings (SSSR count). The van der Waals surface area contributed by atoms with E-state index in [0.29, 0.717) is 11.3 Å². The van der Waals surface area contributed by atoms with Crippen molar-refractivity contribution in [1.29, 1.82) is 5.41 Å². The molecule has 0 unspecified atom stereocenters. The minimum absolute atomic E-state index is 0.0129. The predicted octanol–water partition coefficient (Wildman–Crippen LogP) is 4.29. The van der Waals surface area contributed by atoms with Gasteiger partial charge in [0.15, 0.2) is 17.3 Å². The molecular formula is C24H20FN5O2. The van der Waals surface area contributed by atoms with Gasteiger partial charge in [-0.3, -0.25) is 4.79 Å². The third-order valence-corrected chi connectivity index (χ3v) is 4.99. The molecule has 0 radical (unpaired) electrons. The lowest BCUT2D eigenvalue weighted by Crippen LogP contribution is -2.18. The van der Waals surface area contributed by atoms with Gasteiger partial charge < -0.3 is 10.1 Å². The maximum atomic E-state index is 15.4. The normalized spacial score (nSPS) is 11.4. The van der Waals surface area contributed by atoms with Gasteiger partial charge in [-0.05, 0) is 36.8 Å². The smallest absolute Gasteiger partial charge is 0.251 e. The number of para-hydroxylation sites is 1. The molecule has 0 aliphatic heterocycles. The van der Waals surface area contributed by atoms with E-state index in [0.717, 1.165) is 11.9 Å². The first-order chi connectivity index (χ1) is 15.6. The highest BCUT2D eigenvalue weighted by atomic mass is 19.1. The summed E-state index contributed by atoms with van der Waals surface area (Å²) in [6.07, 6.45) is 5.65. The molecule has 0 fully saturated rings. The lowest BCUT2D eigenvalue weighted by atomic mass is 10.1. The van der Waals surface area contributed by atoms with Crippen molar-refractivity contribution in [3.05, 3.63) is 94.7 Å². The van der Waals surface area contributed by atoms with Crippen LogP contribution < -0.4 is 10.2 Å². The van der Waals surface area contributed by atoms with Crippen LogP contribution in [0.2, 0.25) is 0 Å². The van der Waals surface area contributed by atoms with Gasteiger partial charge in [0, 0.05) is 11.8 Å². The summed E-state index contributed by atoms with van der Waals surface area (Å²) in [4.78, 5) is 13.0. The van der Waals surface area contributed by atoms with Crippen LogP contribution in [0.3, 0.4) is 0 Å². The van der Waals surface area contributed by atoms with Crippen LogP contribution in [0.5, 0.6) is 5.75 Å². The van der Waals surface area contributed by atoms with Gasteiger partial charge >= 0.3 is 0 Å². The molecule has 2 aromatic heterocycles. The van der Waals surface area contributed by atoms with Crippen molar-refractivity contribution in [3.63, 3.8) is 0 Å². The quantitative estimate of drug-likeness (QED) is 0.464. The maximum absolute atomic E-state index is 15.4. The molecule has 0 saturated heterocycles. The Kier molecular flexibility index (Phi) is 5.76. The van der Waals surface area contributed by atoms with Gasteiger partial charge in [-0.1, -0.05) is 36.4 Å². The van der Waals surface area contributed by atoms with E-state index in [2.05, 4.69) is 10.2 Å². The number of halogens is 1. The molecule has 0 bridgehead atoms. The molecule has 1 N–H and O–H groups in total. The average molecular weight is 429 g/mol. The SMILES string of the molecule is C/C=C(\C=N)c1cccc(-n2cc(OC)c(=O)c(-c3ccnn3-c3ccccc3)n2)c1F. The average Bonchev–Trinajstić information content (AvgIpc) is 3.31. The van der Waals surface area contributed by atoms with Gasteiger partial charge in [0.1, 0.15) is 5.69 Å². The molecule has 0 aliphatic rings. The minimum Gasteiger partial charge on any atom is -0.491 e. The second-order valence-corrected chi connectivity index (χ2v) is 6.81. The Bertz CT molecular complexity index is 1370. The summed E-state index contributed by atoms with van der Waals surface area (Å²) in [5, 5.41) is 16.3. The highest BCUT2D eigenvalue weighted by molar-refractivity contribution is 6.08. The molecule has 0 atom stereocenters. The zero-order chi connectivity index (χ0) is 22.7. The van der Waals surface area contributed by atoms with Crippen LogP contribution in [0.1, 0.15) is 12.5 Å². The molecule has 2 aromatic carbocycles. The third-order valence-electron chi connectivity index (χ3n) is 4.99. The zero-order valence-electron chi connectivity index (χ0n) is 17.5. The second-order valence-electron chi connectivity index (χ2n) is 6.81. The van der Waals surface area contributed by atoms with Gasteiger partial charge in [0.25, 0.3) is 5.43 Å². The van der Waals surface area contributed by atoms with Crippen LogP contribution in [0.4, 0.5) is 4.39 Å². The monoisotopic (exact) mass is 429 g/mol. The summed E-state index contributed by atoms with van der Waals surface area (Å²) >= 11 is 0. The van der Waals surface area contributed by atoms with Gasteiger partial charge in [-0.25, -0.2) is 13.8 Å². The summed E-state index contributed by atoms with van der Waals surface area (Å²) in [5.74, 6) is -0.552. The van der Waals surface area contributed by atoms with E-state index < -0.39 is 11.2 Å². The molecule has 160 valence electrons. The Morgan fingerprint density at radius 1 is 1.12 bits per heavy atom. The molecule has 7 nitrogen and oxygen atoms in total. The van der Waals surface area contributed by atoms with E-state index in [9.17, 15) is 4.79 Å². The first kappa shape index (κ1) is 20.9. The Labute approximate surface area is 183 Å². The Morgan fingerprint density at radius 2 is 1.91 bits per heavy atom. The van der Waals surface area contributed by atoms with Crippen molar-refractivity contribution in [3.8, 4) is 28.5 Å². The van der Waals surface area contributed by atoms with Gasteiger partial charge in [0.05, 0.1) is 30.9 Å². The number of aromatic nitrogens is 4. The Morgan fingerprint density at radius 3 is 2.59 bits per heavy atom. The van der Waals surface area contributed by atoms with Crippen molar-refractivity contribution in [2.45, 2.75) is 6.92 Å². The molecule has 8 heteroatoms. The molecular weight excluding hydrogens is 409 g/mol. The van der Waals surface area contributed by atoms with Crippen molar-refractivity contribution in [1.82, 2.24) is 19.6 Å². The summed E-state index contributed by atoms with van der Waals surface area (Å²) in [6.45, 7) is 1.73. The predicted molar refractivity (Wildman–Crippen MR) is 121 cm³/mol. The topological polar surface area (TPSA) is 85.8 Å². The Hall–Kier alpha value is -4.33. The highest BCUT2D eigenvalue weighted by Crippen LogP contribution is 2.25. The van der Waals surface area contributed by atoms with Crippen LogP contribution in [-0.4, -0.2) is 32.9 Å². The van der Waals surface area contributed by atoms with Gasteiger partial charge in [-0.15, -0.1) is 0 Å². The molecule has 2 heterocycles. The van der Waals surface area contributed by atoms with Crippen LogP contribution in [0.15, 0.2) is 77.9 Å². The van der Waals surface area contributed by atoms with Crippen molar-refractivity contribution >= 4 is 11.8 Å². The largest absolute Gasteiger partial charge is 0.491 e. The molecule has 0 spiro atoms. The number of ether oxygens (including phenoxy) is 1. The van der Waals surface area contributed by atoms with E-state index >= 15 is 4.39 Å². The minimum atomic E-state index is -0.565. The lowest BCUT2D eigenvalue weighted by molar-refractivity contribution is 0.405. The summed E-state index contributed by atoms with van der Waals surface area (Å²) in [5.41, 5.74) is 1.63. The Balaban J connectivity index is 1.94. The fraction of sp³-hybridized carbons (Fsp3) is 0.0833. The zero-order valence-corrected chi connectivity index (χ0v) is 17.5. The first-order valence-electron chi connectivity index (χ1n) is 9.83. The van der Waals surface area contributed by atoms with E-state index in [-0.39, 0.29) is 22.7 Å². The van der Waals surface area contributed by atoms with E-state index in [1.165, 1.54) is 18.0 Å². The fourth-order valence-corrected chi connectivity index (χ4v) is 3.40. The molecule has 0 aliphatic carbocycles. The number of nitrogens with zero attached hydrogens (tertiary/aromatic N) is 4. The molecule has 0 amide bonds. The van der Waals surface area contributed by atoms with Crippen molar-refractivity contribution < 1.29 is 9.13 Å². The number of hydrogen-bond donors (Lipinski definition) is 1. The number of rotatable bonds is 6. The van der Waals surface area contributed by atoms with Crippen LogP contribution in [0, 0.1) is 11.2 Å². The van der Waals surface area contributed by atoms with Crippen LogP contribution >= 0.6 is 0 Å². The van der Waals surface area contributed by atoms with E-state index in [4.69, 9.17) is 10.1 Å². The van der Waals surface area contributed by atoms with Crippen LogP contribution in [-0.2, 0) is 0 Å². The fourth-order valence-electron chi connectivity index (χ4n) is 3.40. The maximum Gasteiger partial charge on any atom is 0.251 e. The summed E-state index contributed by atoms with van der Waals surface area (Å²) in [6, 6.07) is 15.8. The van der Waals surface area contributed by atoms with E-state index in [1.807, 2.05) is 30.3 Å². The summed E-state index contributed by atoms with van der Waals surface area (Å²) < 4.78 is 23.5. The molecule has 0 saturated carbocycles. The lowest BCUT2D eigenvalue weighted by Gasteiger charge is -2.14. The standard InChI is InChI=1S/C24H20FN5O2/c1-3-16(14-26)18-10-7-11-19(22(18)25)29-15-21(32-2)24(31)23(28-29)20-12-13-27-30(20)17-8-5-4-6-9-17/h3-15,26H,1-2H3/b16-3+,26-14?. The van der Waals surface area contributed by atoms with Crippen molar-refractivity contribution in [2.75, 3.05) is 7.11 Å². The molecule has 32 heavy (non-hydrogen) atoms. The number of nitrogens with one attached hydrogen (secondary N) is 1. The summed E-state index contributed by atoms with van der Waals surface area (Å²) in [7, 11) is 1.37. The number of allylic oxidation sites excluding steroid dienone is 2.